The van der Waals surface area contributed by atoms with Crippen LogP contribution >= 0.6 is 12.4 Å². The van der Waals surface area contributed by atoms with Crippen LogP contribution in [0.1, 0.15) is 51.4 Å². The monoisotopic (exact) mass is 362 g/mol. The van der Waals surface area contributed by atoms with E-state index in [1.807, 2.05) is 4.90 Å². The molecule has 2 fully saturated rings. The molecule has 1 heterocycles. The minimum Gasteiger partial charge on any atom is -0.481 e. The van der Waals surface area contributed by atoms with Crippen molar-refractivity contribution in [2.45, 2.75) is 57.5 Å². The van der Waals surface area contributed by atoms with Crippen molar-refractivity contribution in [3.05, 3.63) is 0 Å². The molecule has 1 atom stereocenters. The summed E-state index contributed by atoms with van der Waals surface area (Å²) in [7, 11) is 0. The van der Waals surface area contributed by atoms with Crippen molar-refractivity contribution in [3.8, 4) is 0 Å². The fourth-order valence-electron chi connectivity index (χ4n) is 3.44. The smallest absolute Gasteiger partial charge is 0.307 e. The van der Waals surface area contributed by atoms with E-state index in [0.717, 1.165) is 19.4 Å². The summed E-state index contributed by atoms with van der Waals surface area (Å²) in [6.07, 6.45) is 9.03. The standard InChI is InChI=1S/C17H30N2O4.ClH/c20-16(13-19-10-4-6-14(12-19)17(21)22)18-9-5-11-23-15-7-2-1-3-8-15;/h14-15H,1-13H2,(H,18,20)(H,21,22);1H. The Bertz CT molecular complexity index is 389. The van der Waals surface area contributed by atoms with Gasteiger partial charge in [0.15, 0.2) is 0 Å². The number of aliphatic carboxylic acids is 1. The number of piperidine rings is 1. The van der Waals surface area contributed by atoms with Crippen LogP contribution < -0.4 is 5.32 Å². The van der Waals surface area contributed by atoms with Crippen molar-refractivity contribution in [1.29, 1.82) is 0 Å². The maximum atomic E-state index is 11.9. The van der Waals surface area contributed by atoms with Crippen molar-refractivity contribution < 1.29 is 19.4 Å². The van der Waals surface area contributed by atoms with Gasteiger partial charge in [0.2, 0.25) is 5.91 Å². The highest BCUT2D eigenvalue weighted by Gasteiger charge is 2.26. The molecule has 1 saturated carbocycles. The molecule has 2 rings (SSSR count). The van der Waals surface area contributed by atoms with E-state index in [9.17, 15) is 9.59 Å². The van der Waals surface area contributed by atoms with Gasteiger partial charge in [-0.1, -0.05) is 19.3 Å². The van der Waals surface area contributed by atoms with Crippen LogP contribution in [0.3, 0.4) is 0 Å². The fraction of sp³-hybridized carbons (Fsp3) is 0.882. The van der Waals surface area contributed by atoms with Crippen LogP contribution in [0, 0.1) is 5.92 Å². The lowest BCUT2D eigenvalue weighted by Crippen LogP contribution is -2.44. The van der Waals surface area contributed by atoms with Gasteiger partial charge in [0.25, 0.3) is 0 Å². The Kier molecular flexibility index (Phi) is 10.3. The number of likely N-dealkylation sites (tertiary alicyclic amines) is 1. The van der Waals surface area contributed by atoms with Gasteiger partial charge in [-0.3, -0.25) is 14.5 Å². The molecular formula is C17H31ClN2O4. The average molecular weight is 363 g/mol. The lowest BCUT2D eigenvalue weighted by molar-refractivity contribution is -0.144. The van der Waals surface area contributed by atoms with Gasteiger partial charge in [0.05, 0.1) is 18.6 Å². The number of nitrogens with one attached hydrogen (secondary N) is 1. The second-order valence-electron chi connectivity index (χ2n) is 6.75. The minimum atomic E-state index is -0.755. The summed E-state index contributed by atoms with van der Waals surface area (Å²) in [5.74, 6) is -1.11. The van der Waals surface area contributed by atoms with Crippen LogP contribution in [0.2, 0.25) is 0 Å². The number of carboxylic acid groups (broad SMARTS) is 1. The molecular weight excluding hydrogens is 332 g/mol. The number of halogens is 1. The number of carbonyl (C=O) groups is 2. The molecule has 1 unspecified atom stereocenters. The predicted octanol–water partition coefficient (Wildman–Crippen LogP) is 2.06. The summed E-state index contributed by atoms with van der Waals surface area (Å²) < 4.78 is 5.83. The van der Waals surface area contributed by atoms with Crippen LogP contribution in [-0.4, -0.2) is 60.8 Å². The Hall–Kier alpha value is -0.850. The quantitative estimate of drug-likeness (QED) is 0.646. The molecule has 0 spiro atoms. The SMILES string of the molecule is Cl.O=C(CN1CCCC(C(=O)O)C1)NCCCOC1CCCCC1. The molecule has 0 aromatic heterocycles. The molecule has 24 heavy (non-hydrogen) atoms. The summed E-state index contributed by atoms with van der Waals surface area (Å²) in [6, 6.07) is 0. The highest BCUT2D eigenvalue weighted by molar-refractivity contribution is 5.85. The molecule has 1 aliphatic carbocycles. The first-order valence-electron chi connectivity index (χ1n) is 8.98. The first-order chi connectivity index (χ1) is 11.1. The zero-order valence-electron chi connectivity index (χ0n) is 14.4. The third-order valence-corrected chi connectivity index (χ3v) is 4.77. The van der Waals surface area contributed by atoms with E-state index in [-0.39, 0.29) is 24.2 Å². The highest BCUT2D eigenvalue weighted by atomic mass is 35.5. The summed E-state index contributed by atoms with van der Waals surface area (Å²) in [5, 5.41) is 12.0. The number of rotatable bonds is 8. The van der Waals surface area contributed by atoms with Crippen molar-refractivity contribution in [3.63, 3.8) is 0 Å². The zero-order chi connectivity index (χ0) is 16.5. The molecule has 2 N–H and O–H groups in total. The number of carboxylic acids is 1. The van der Waals surface area contributed by atoms with E-state index in [0.29, 0.717) is 38.8 Å². The van der Waals surface area contributed by atoms with E-state index in [2.05, 4.69) is 5.32 Å². The lowest BCUT2D eigenvalue weighted by atomic mass is 9.98. The van der Waals surface area contributed by atoms with Gasteiger partial charge in [-0.25, -0.2) is 0 Å². The highest BCUT2D eigenvalue weighted by Crippen LogP contribution is 2.20. The van der Waals surface area contributed by atoms with Gasteiger partial charge < -0.3 is 15.2 Å². The number of ether oxygens (including phenoxy) is 1. The molecule has 6 nitrogen and oxygen atoms in total. The lowest BCUT2D eigenvalue weighted by Gasteiger charge is -2.29. The average Bonchev–Trinajstić information content (AvgIpc) is 2.55. The Balaban J connectivity index is 0.00000288. The largest absolute Gasteiger partial charge is 0.481 e. The van der Waals surface area contributed by atoms with Gasteiger partial charge in [-0.15, -0.1) is 12.4 Å². The van der Waals surface area contributed by atoms with E-state index in [1.54, 1.807) is 0 Å². The van der Waals surface area contributed by atoms with Gasteiger partial charge in [0.1, 0.15) is 0 Å². The number of carbonyl (C=O) groups excluding carboxylic acids is 1. The topological polar surface area (TPSA) is 78.9 Å². The van der Waals surface area contributed by atoms with E-state index >= 15 is 0 Å². The van der Waals surface area contributed by atoms with Crippen LogP contribution in [0.5, 0.6) is 0 Å². The molecule has 2 aliphatic rings. The van der Waals surface area contributed by atoms with Crippen LogP contribution in [0.15, 0.2) is 0 Å². The van der Waals surface area contributed by atoms with Crippen LogP contribution in [0.25, 0.3) is 0 Å². The normalized spacial score (nSPS) is 22.6. The summed E-state index contributed by atoms with van der Waals surface area (Å²) in [6.45, 7) is 2.92. The van der Waals surface area contributed by atoms with E-state index in [1.165, 1.54) is 32.1 Å². The van der Waals surface area contributed by atoms with Gasteiger partial charge in [-0.05, 0) is 38.6 Å². The van der Waals surface area contributed by atoms with E-state index in [4.69, 9.17) is 9.84 Å². The second-order valence-corrected chi connectivity index (χ2v) is 6.75. The Morgan fingerprint density at radius 1 is 1.12 bits per heavy atom. The third kappa shape index (κ3) is 7.81. The minimum absolute atomic E-state index is 0. The second kappa shape index (κ2) is 11.7. The first kappa shape index (κ1) is 21.2. The van der Waals surface area contributed by atoms with Crippen molar-refractivity contribution >= 4 is 24.3 Å². The molecule has 0 aromatic rings. The number of hydrogen-bond donors (Lipinski definition) is 2. The molecule has 0 radical (unpaired) electrons. The maximum absolute atomic E-state index is 11.9. The zero-order valence-corrected chi connectivity index (χ0v) is 15.2. The molecule has 1 aliphatic heterocycles. The summed E-state index contributed by atoms with van der Waals surface area (Å²) >= 11 is 0. The Labute approximate surface area is 150 Å². The molecule has 0 aromatic carbocycles. The van der Waals surface area contributed by atoms with Crippen LogP contribution in [0.4, 0.5) is 0 Å². The number of hydrogen-bond acceptors (Lipinski definition) is 4. The van der Waals surface area contributed by atoms with Gasteiger partial charge in [-0.2, -0.15) is 0 Å². The fourth-order valence-corrected chi connectivity index (χ4v) is 3.44. The van der Waals surface area contributed by atoms with Gasteiger partial charge >= 0.3 is 5.97 Å². The predicted molar refractivity (Wildman–Crippen MR) is 94.5 cm³/mol. The molecule has 0 bridgehead atoms. The first-order valence-corrected chi connectivity index (χ1v) is 8.98. The van der Waals surface area contributed by atoms with E-state index < -0.39 is 5.97 Å². The molecule has 1 saturated heterocycles. The number of nitrogens with zero attached hydrogens (tertiary/aromatic N) is 1. The third-order valence-electron chi connectivity index (χ3n) is 4.77. The Morgan fingerprint density at radius 2 is 1.88 bits per heavy atom. The Morgan fingerprint density at radius 3 is 2.58 bits per heavy atom. The summed E-state index contributed by atoms with van der Waals surface area (Å²) in [5.41, 5.74) is 0. The van der Waals surface area contributed by atoms with Crippen molar-refractivity contribution in [1.82, 2.24) is 10.2 Å². The maximum Gasteiger partial charge on any atom is 0.307 e. The molecule has 1 amide bonds. The van der Waals surface area contributed by atoms with Crippen molar-refractivity contribution in [2.75, 3.05) is 32.8 Å². The van der Waals surface area contributed by atoms with Crippen LogP contribution in [-0.2, 0) is 14.3 Å². The molecule has 140 valence electrons. The number of amides is 1. The molecule has 7 heteroatoms. The summed E-state index contributed by atoms with van der Waals surface area (Å²) in [4.78, 5) is 24.9. The van der Waals surface area contributed by atoms with Crippen molar-refractivity contribution in [2.24, 2.45) is 5.92 Å². The van der Waals surface area contributed by atoms with Gasteiger partial charge in [0, 0.05) is 19.7 Å².